The minimum atomic E-state index is -3.86. The molecule has 1 N–H and O–H groups in total. The molecule has 6 nitrogen and oxygen atoms in total. The van der Waals surface area contributed by atoms with Crippen LogP contribution in [0.1, 0.15) is 29.0 Å². The van der Waals surface area contributed by atoms with Crippen LogP contribution in [0, 0.1) is 17.2 Å². The van der Waals surface area contributed by atoms with E-state index in [0.717, 1.165) is 11.3 Å². The van der Waals surface area contributed by atoms with Crippen LogP contribution < -0.4 is 9.46 Å². The number of hydrogen-bond donors (Lipinski definition) is 1. The Balaban J connectivity index is 1.63. The summed E-state index contributed by atoms with van der Waals surface area (Å²) in [5.41, 5.74) is 1.64. The fraction of sp³-hybridized carbons (Fsp3) is 0.263. The third-order valence-corrected chi connectivity index (χ3v) is 5.61. The molecule has 26 heavy (non-hydrogen) atoms. The zero-order valence-corrected chi connectivity index (χ0v) is 15.0. The van der Waals surface area contributed by atoms with Gasteiger partial charge in [-0.3, -0.25) is 9.52 Å². The standard InChI is InChI=1S/C19H18N2O4S/c1-25-16-8-6-13(7-9-16)17-10-18(17)19(22)21-26(23,24)12-15-5-3-2-4-14(15)11-20/h2-9,17-18H,10,12H2,1H3,(H,21,22). The summed E-state index contributed by atoms with van der Waals surface area (Å²) in [7, 11) is -2.28. The van der Waals surface area contributed by atoms with Crippen LogP contribution in [0.3, 0.4) is 0 Å². The average molecular weight is 370 g/mol. The highest BCUT2D eigenvalue weighted by Crippen LogP contribution is 2.47. The second-order valence-electron chi connectivity index (χ2n) is 6.22. The second kappa shape index (κ2) is 7.18. The minimum absolute atomic E-state index is 0.0162. The highest BCUT2D eigenvalue weighted by molar-refractivity contribution is 7.89. The molecule has 134 valence electrons. The van der Waals surface area contributed by atoms with E-state index in [-0.39, 0.29) is 17.4 Å². The van der Waals surface area contributed by atoms with E-state index in [1.54, 1.807) is 31.4 Å². The lowest BCUT2D eigenvalue weighted by molar-refractivity contribution is -0.120. The number of nitriles is 1. The molecule has 2 aromatic carbocycles. The number of rotatable bonds is 6. The molecule has 1 amide bonds. The number of sulfonamides is 1. The first-order chi connectivity index (χ1) is 12.4. The predicted molar refractivity (Wildman–Crippen MR) is 95.8 cm³/mol. The molecule has 3 rings (SSSR count). The number of nitrogens with zero attached hydrogens (tertiary/aromatic N) is 1. The number of carbonyl (C=O) groups excluding carboxylic acids is 1. The number of carbonyl (C=O) groups is 1. The predicted octanol–water partition coefficient (Wildman–Crippen LogP) is 2.32. The van der Waals surface area contributed by atoms with Crippen LogP contribution in [-0.2, 0) is 20.6 Å². The maximum absolute atomic E-state index is 12.3. The van der Waals surface area contributed by atoms with E-state index in [9.17, 15) is 13.2 Å². The Hall–Kier alpha value is -2.85. The molecule has 0 radical (unpaired) electrons. The van der Waals surface area contributed by atoms with E-state index in [1.165, 1.54) is 0 Å². The van der Waals surface area contributed by atoms with E-state index in [4.69, 9.17) is 10.00 Å². The van der Waals surface area contributed by atoms with Gasteiger partial charge in [0.1, 0.15) is 5.75 Å². The number of methoxy groups -OCH3 is 1. The number of nitrogens with one attached hydrogen (secondary N) is 1. The summed E-state index contributed by atoms with van der Waals surface area (Å²) in [5, 5.41) is 9.05. The number of hydrogen-bond acceptors (Lipinski definition) is 5. The van der Waals surface area contributed by atoms with Crippen LogP contribution in [0.25, 0.3) is 0 Å². The van der Waals surface area contributed by atoms with Gasteiger partial charge in [0.15, 0.2) is 0 Å². The van der Waals surface area contributed by atoms with Gasteiger partial charge in [-0.25, -0.2) is 8.42 Å². The Morgan fingerprint density at radius 3 is 2.58 bits per heavy atom. The molecule has 0 aromatic heterocycles. The van der Waals surface area contributed by atoms with Crippen LogP contribution in [0.15, 0.2) is 48.5 Å². The molecule has 2 unspecified atom stereocenters. The summed E-state index contributed by atoms with van der Waals surface area (Å²) in [6.07, 6.45) is 0.614. The Kier molecular flexibility index (Phi) is 4.96. The molecule has 0 bridgehead atoms. The lowest BCUT2D eigenvalue weighted by Gasteiger charge is -2.08. The second-order valence-corrected chi connectivity index (χ2v) is 7.94. The average Bonchev–Trinajstić information content (AvgIpc) is 3.42. The van der Waals surface area contributed by atoms with Gasteiger partial charge in [-0.1, -0.05) is 30.3 Å². The topological polar surface area (TPSA) is 96.3 Å². The Bertz CT molecular complexity index is 962. The smallest absolute Gasteiger partial charge is 0.239 e. The zero-order chi connectivity index (χ0) is 18.7. The number of benzene rings is 2. The van der Waals surface area contributed by atoms with Crippen molar-refractivity contribution >= 4 is 15.9 Å². The molecule has 1 aliphatic rings. The Morgan fingerprint density at radius 2 is 1.92 bits per heavy atom. The maximum atomic E-state index is 12.3. The third kappa shape index (κ3) is 4.03. The molecule has 0 heterocycles. The van der Waals surface area contributed by atoms with Crippen LogP contribution in [0.5, 0.6) is 5.75 Å². The van der Waals surface area contributed by atoms with Gasteiger partial charge in [0.05, 0.1) is 24.5 Å². The van der Waals surface area contributed by atoms with Crippen LogP contribution in [-0.4, -0.2) is 21.4 Å². The fourth-order valence-electron chi connectivity index (χ4n) is 2.93. The van der Waals surface area contributed by atoms with Gasteiger partial charge in [-0.2, -0.15) is 5.26 Å². The van der Waals surface area contributed by atoms with E-state index < -0.39 is 21.7 Å². The van der Waals surface area contributed by atoms with E-state index in [1.807, 2.05) is 30.3 Å². The largest absolute Gasteiger partial charge is 0.497 e. The summed E-state index contributed by atoms with van der Waals surface area (Å²) in [6, 6.07) is 15.8. The first-order valence-corrected chi connectivity index (χ1v) is 9.75. The first kappa shape index (κ1) is 18.0. The fourth-order valence-corrected chi connectivity index (χ4v) is 4.12. The van der Waals surface area contributed by atoms with Crippen LogP contribution in [0.2, 0.25) is 0 Å². The van der Waals surface area contributed by atoms with Crippen LogP contribution in [0.4, 0.5) is 0 Å². The Labute approximate surface area is 152 Å². The van der Waals surface area contributed by atoms with E-state index in [0.29, 0.717) is 12.0 Å². The van der Waals surface area contributed by atoms with Crippen molar-refractivity contribution in [2.75, 3.05) is 7.11 Å². The zero-order valence-electron chi connectivity index (χ0n) is 14.2. The van der Waals surface area contributed by atoms with Gasteiger partial charge < -0.3 is 4.74 Å². The van der Waals surface area contributed by atoms with Gasteiger partial charge in [-0.15, -0.1) is 0 Å². The summed E-state index contributed by atoms with van der Waals surface area (Å²) < 4.78 is 31.8. The quantitative estimate of drug-likeness (QED) is 0.842. The van der Waals surface area contributed by atoms with Crippen molar-refractivity contribution in [2.45, 2.75) is 18.1 Å². The number of amides is 1. The molecule has 0 aliphatic heterocycles. The Morgan fingerprint density at radius 1 is 1.23 bits per heavy atom. The number of ether oxygens (including phenoxy) is 1. The van der Waals surface area contributed by atoms with Gasteiger partial charge in [0.2, 0.25) is 15.9 Å². The molecule has 1 aliphatic carbocycles. The minimum Gasteiger partial charge on any atom is -0.497 e. The van der Waals surface area contributed by atoms with Crippen molar-refractivity contribution in [1.82, 2.24) is 4.72 Å². The molecule has 2 atom stereocenters. The molecule has 1 saturated carbocycles. The van der Waals surface area contributed by atoms with Gasteiger partial charge in [0.25, 0.3) is 0 Å². The van der Waals surface area contributed by atoms with Crippen molar-refractivity contribution in [3.05, 3.63) is 65.2 Å². The monoisotopic (exact) mass is 370 g/mol. The van der Waals surface area contributed by atoms with E-state index >= 15 is 0 Å². The molecule has 2 aromatic rings. The van der Waals surface area contributed by atoms with E-state index in [2.05, 4.69) is 4.72 Å². The normalized spacial score (nSPS) is 18.6. The molecule has 7 heteroatoms. The van der Waals surface area contributed by atoms with Crippen LogP contribution >= 0.6 is 0 Å². The van der Waals surface area contributed by atoms with Crippen molar-refractivity contribution in [2.24, 2.45) is 5.92 Å². The van der Waals surface area contributed by atoms with Crippen molar-refractivity contribution < 1.29 is 17.9 Å². The summed E-state index contributed by atoms with van der Waals surface area (Å²) in [5.74, 6) is -0.510. The first-order valence-electron chi connectivity index (χ1n) is 8.10. The molecule has 0 saturated heterocycles. The van der Waals surface area contributed by atoms with Crippen molar-refractivity contribution in [1.29, 1.82) is 5.26 Å². The van der Waals surface area contributed by atoms with Gasteiger partial charge in [-0.05, 0) is 41.7 Å². The highest BCUT2D eigenvalue weighted by atomic mass is 32.2. The third-order valence-electron chi connectivity index (χ3n) is 4.41. The molecule has 1 fully saturated rings. The molecular weight excluding hydrogens is 352 g/mol. The lowest BCUT2D eigenvalue weighted by atomic mass is 10.1. The molecular formula is C19H18N2O4S. The summed E-state index contributed by atoms with van der Waals surface area (Å²) >= 11 is 0. The van der Waals surface area contributed by atoms with Crippen molar-refractivity contribution in [3.8, 4) is 11.8 Å². The van der Waals surface area contributed by atoms with Gasteiger partial charge in [0, 0.05) is 5.92 Å². The lowest BCUT2D eigenvalue weighted by Crippen LogP contribution is -2.33. The highest BCUT2D eigenvalue weighted by Gasteiger charge is 2.45. The van der Waals surface area contributed by atoms with Crippen molar-refractivity contribution in [3.63, 3.8) is 0 Å². The molecule has 0 spiro atoms. The maximum Gasteiger partial charge on any atom is 0.239 e. The SMILES string of the molecule is COc1ccc(C2CC2C(=O)NS(=O)(=O)Cc2ccccc2C#N)cc1. The summed E-state index contributed by atoms with van der Waals surface area (Å²) in [4.78, 5) is 12.3. The van der Waals surface area contributed by atoms with Gasteiger partial charge >= 0.3 is 0 Å². The summed E-state index contributed by atoms with van der Waals surface area (Å²) in [6.45, 7) is 0.